The average molecular weight is 749 g/mol. The van der Waals surface area contributed by atoms with E-state index < -0.39 is 6.10 Å². The van der Waals surface area contributed by atoms with E-state index in [1.54, 1.807) is 0 Å². The monoisotopic (exact) mass is 749 g/mol. The van der Waals surface area contributed by atoms with Gasteiger partial charge in [0.2, 0.25) is 0 Å². The van der Waals surface area contributed by atoms with Crippen molar-refractivity contribution in [2.75, 3.05) is 13.2 Å². The number of hydrogen-bond acceptors (Lipinski definition) is 6. The molecule has 6 nitrogen and oxygen atoms in total. The summed E-state index contributed by atoms with van der Waals surface area (Å²) in [6, 6.07) is 0. The lowest BCUT2D eigenvalue weighted by Crippen LogP contribution is -2.30. The van der Waals surface area contributed by atoms with Crippen LogP contribution in [0.4, 0.5) is 0 Å². The van der Waals surface area contributed by atoms with Crippen LogP contribution < -0.4 is 0 Å². The first-order chi connectivity index (χ1) is 26.0. The summed E-state index contributed by atoms with van der Waals surface area (Å²) >= 11 is 0. The Morgan fingerprint density at radius 1 is 0.358 bits per heavy atom. The summed E-state index contributed by atoms with van der Waals surface area (Å²) in [5.74, 6) is -0.872. The van der Waals surface area contributed by atoms with E-state index in [4.69, 9.17) is 14.2 Å². The second-order valence-electron chi connectivity index (χ2n) is 15.7. The van der Waals surface area contributed by atoms with Gasteiger partial charge >= 0.3 is 17.9 Å². The summed E-state index contributed by atoms with van der Waals surface area (Å²) < 4.78 is 16.7. The number of hydrogen-bond donors (Lipinski definition) is 0. The van der Waals surface area contributed by atoms with E-state index in [0.29, 0.717) is 19.3 Å². The zero-order valence-corrected chi connectivity index (χ0v) is 35.6. The molecule has 0 bridgehead atoms. The van der Waals surface area contributed by atoms with Crippen LogP contribution in [0.25, 0.3) is 0 Å². The number of unbranched alkanes of at least 4 members (excludes halogenated alkanes) is 29. The quantitative estimate of drug-likeness (QED) is 0.0268. The van der Waals surface area contributed by atoms with E-state index in [0.717, 1.165) is 64.2 Å². The summed E-state index contributed by atoms with van der Waals surface area (Å²) in [6.45, 7) is 6.61. The first kappa shape index (κ1) is 51.1. The molecule has 0 aromatic rings. The minimum atomic E-state index is -0.764. The molecule has 1 atom stereocenters. The molecule has 6 heteroatoms. The number of carbonyl (C=O) groups excluding carboxylic acids is 3. The molecule has 0 aliphatic carbocycles. The molecule has 53 heavy (non-hydrogen) atoms. The van der Waals surface area contributed by atoms with Gasteiger partial charge in [0.05, 0.1) is 0 Å². The van der Waals surface area contributed by atoms with E-state index >= 15 is 0 Å². The highest BCUT2D eigenvalue weighted by Crippen LogP contribution is 2.15. The molecule has 0 N–H and O–H groups in total. The predicted octanol–water partition coefficient (Wildman–Crippen LogP) is 14.6. The Bertz CT molecular complexity index is 824. The molecule has 0 rings (SSSR count). The lowest BCUT2D eigenvalue weighted by atomic mass is 10.1. The standard InChI is InChI=1S/C47H88O6/c1-4-7-10-13-16-19-21-22-23-24-26-28-31-34-37-40-46(49)52-43-44(42-51-45(48)39-36-33-30-27-18-15-12-9-6-3)53-47(50)41-38-35-32-29-25-20-17-14-11-8-5-2/h22-23,44H,4-21,24-43H2,1-3H3/b23-22-/t44-/m1/s1. The number of ether oxygens (including phenoxy) is 3. The van der Waals surface area contributed by atoms with Crippen molar-refractivity contribution in [2.45, 2.75) is 258 Å². The molecule has 0 saturated carbocycles. The van der Waals surface area contributed by atoms with Crippen molar-refractivity contribution in [2.24, 2.45) is 0 Å². The van der Waals surface area contributed by atoms with Crippen molar-refractivity contribution in [1.29, 1.82) is 0 Å². The molecular weight excluding hydrogens is 661 g/mol. The Morgan fingerprint density at radius 2 is 0.623 bits per heavy atom. The van der Waals surface area contributed by atoms with Crippen molar-refractivity contribution >= 4 is 17.9 Å². The van der Waals surface area contributed by atoms with Crippen LogP contribution in [0.2, 0.25) is 0 Å². The van der Waals surface area contributed by atoms with Crippen LogP contribution in [0.3, 0.4) is 0 Å². The third kappa shape index (κ3) is 41.2. The number of rotatable bonds is 42. The topological polar surface area (TPSA) is 78.9 Å². The van der Waals surface area contributed by atoms with Gasteiger partial charge in [0.15, 0.2) is 6.10 Å². The third-order valence-electron chi connectivity index (χ3n) is 10.3. The largest absolute Gasteiger partial charge is 0.462 e. The fraction of sp³-hybridized carbons (Fsp3) is 0.894. The van der Waals surface area contributed by atoms with Crippen LogP contribution in [0.1, 0.15) is 252 Å². The van der Waals surface area contributed by atoms with Crippen LogP contribution in [-0.2, 0) is 28.6 Å². The van der Waals surface area contributed by atoms with E-state index in [-0.39, 0.29) is 31.1 Å². The minimum Gasteiger partial charge on any atom is -0.462 e. The fourth-order valence-electron chi connectivity index (χ4n) is 6.73. The van der Waals surface area contributed by atoms with Crippen molar-refractivity contribution < 1.29 is 28.6 Å². The van der Waals surface area contributed by atoms with Crippen LogP contribution in [-0.4, -0.2) is 37.2 Å². The molecule has 0 fully saturated rings. The first-order valence-corrected chi connectivity index (χ1v) is 23.2. The average Bonchev–Trinajstić information content (AvgIpc) is 3.15. The summed E-state index contributed by atoms with van der Waals surface area (Å²) in [4.78, 5) is 37.6. The van der Waals surface area contributed by atoms with E-state index in [1.807, 2.05) is 0 Å². The first-order valence-electron chi connectivity index (χ1n) is 23.2. The maximum absolute atomic E-state index is 12.7. The van der Waals surface area contributed by atoms with Crippen molar-refractivity contribution in [3.05, 3.63) is 12.2 Å². The zero-order valence-electron chi connectivity index (χ0n) is 35.6. The Hall–Kier alpha value is -1.85. The fourth-order valence-corrected chi connectivity index (χ4v) is 6.73. The van der Waals surface area contributed by atoms with E-state index in [9.17, 15) is 14.4 Å². The molecule has 312 valence electrons. The predicted molar refractivity (Wildman–Crippen MR) is 224 cm³/mol. The van der Waals surface area contributed by atoms with Gasteiger partial charge in [-0.3, -0.25) is 14.4 Å². The molecule has 0 aliphatic rings. The summed E-state index contributed by atoms with van der Waals surface area (Å²) in [5, 5.41) is 0. The molecule has 0 aromatic heterocycles. The van der Waals surface area contributed by atoms with Gasteiger partial charge in [-0.25, -0.2) is 0 Å². The van der Waals surface area contributed by atoms with E-state index in [1.165, 1.54) is 148 Å². The Balaban J connectivity index is 4.31. The maximum Gasteiger partial charge on any atom is 0.306 e. The highest BCUT2D eigenvalue weighted by Gasteiger charge is 2.19. The lowest BCUT2D eigenvalue weighted by Gasteiger charge is -2.18. The molecular formula is C47H88O6. The molecule has 0 saturated heterocycles. The maximum atomic E-state index is 12.7. The second-order valence-corrected chi connectivity index (χ2v) is 15.7. The van der Waals surface area contributed by atoms with Gasteiger partial charge in [-0.05, 0) is 44.9 Å². The van der Waals surface area contributed by atoms with Gasteiger partial charge in [-0.2, -0.15) is 0 Å². The minimum absolute atomic E-state index is 0.0685. The summed E-state index contributed by atoms with van der Waals surface area (Å²) in [5.41, 5.74) is 0. The highest BCUT2D eigenvalue weighted by atomic mass is 16.6. The number of allylic oxidation sites excluding steroid dienone is 2. The van der Waals surface area contributed by atoms with Crippen LogP contribution >= 0.6 is 0 Å². The second kappa shape index (κ2) is 42.9. The van der Waals surface area contributed by atoms with E-state index in [2.05, 4.69) is 32.9 Å². The molecule has 0 amide bonds. The number of carbonyl (C=O) groups is 3. The smallest absolute Gasteiger partial charge is 0.306 e. The third-order valence-corrected chi connectivity index (χ3v) is 10.3. The molecule has 0 heterocycles. The summed E-state index contributed by atoms with van der Waals surface area (Å²) in [6.07, 6.45) is 44.8. The normalized spacial score (nSPS) is 12.0. The van der Waals surface area contributed by atoms with Gasteiger partial charge in [-0.1, -0.05) is 200 Å². The summed E-state index contributed by atoms with van der Waals surface area (Å²) in [7, 11) is 0. The lowest BCUT2D eigenvalue weighted by molar-refractivity contribution is -0.167. The van der Waals surface area contributed by atoms with Crippen LogP contribution in [0.5, 0.6) is 0 Å². The van der Waals surface area contributed by atoms with Crippen molar-refractivity contribution in [3.63, 3.8) is 0 Å². The zero-order chi connectivity index (χ0) is 38.7. The van der Waals surface area contributed by atoms with Gasteiger partial charge in [0.1, 0.15) is 13.2 Å². The molecule has 0 aromatic carbocycles. The van der Waals surface area contributed by atoms with Gasteiger partial charge in [0.25, 0.3) is 0 Å². The van der Waals surface area contributed by atoms with Gasteiger partial charge in [0, 0.05) is 19.3 Å². The number of esters is 3. The van der Waals surface area contributed by atoms with Crippen LogP contribution in [0, 0.1) is 0 Å². The molecule has 0 spiro atoms. The van der Waals surface area contributed by atoms with Crippen molar-refractivity contribution in [1.82, 2.24) is 0 Å². The Morgan fingerprint density at radius 3 is 0.943 bits per heavy atom. The van der Waals surface area contributed by atoms with Gasteiger partial charge < -0.3 is 14.2 Å². The van der Waals surface area contributed by atoms with Crippen LogP contribution in [0.15, 0.2) is 12.2 Å². The molecule has 0 aliphatic heterocycles. The van der Waals surface area contributed by atoms with Gasteiger partial charge in [-0.15, -0.1) is 0 Å². The Labute approximate surface area is 329 Å². The molecule has 0 radical (unpaired) electrons. The highest BCUT2D eigenvalue weighted by molar-refractivity contribution is 5.71. The Kier molecular flexibility index (Phi) is 41.4. The molecule has 0 unspecified atom stereocenters. The van der Waals surface area contributed by atoms with Crippen molar-refractivity contribution in [3.8, 4) is 0 Å². The SMILES string of the molecule is CCCCCCCC/C=C\CCCCCCCC(=O)OC[C@@H](COC(=O)CCCCCCCCCCC)OC(=O)CCCCCCCCCCCCC.